The molecule has 0 spiro atoms. The molecular weight excluding hydrogens is 557 g/mol. The van der Waals surface area contributed by atoms with Crippen molar-refractivity contribution in [3.05, 3.63) is 47.5 Å². The van der Waals surface area contributed by atoms with Crippen LogP contribution in [-0.2, 0) is 0 Å². The highest BCUT2D eigenvalue weighted by molar-refractivity contribution is 6.03. The minimum Gasteiger partial charge on any atom is -0.475 e. The van der Waals surface area contributed by atoms with E-state index < -0.39 is 23.3 Å². The molecule has 0 saturated carbocycles. The zero-order chi connectivity index (χ0) is 29.3. The molecule has 0 amide bonds. The predicted octanol–water partition coefficient (Wildman–Crippen LogP) is 4.23. The van der Waals surface area contributed by atoms with Crippen molar-refractivity contribution in [1.82, 2.24) is 25.2 Å². The molecule has 1 N–H and O–H groups in total. The van der Waals surface area contributed by atoms with E-state index in [-0.39, 0.29) is 41.3 Å². The van der Waals surface area contributed by atoms with Gasteiger partial charge in [0.15, 0.2) is 5.82 Å². The van der Waals surface area contributed by atoms with Crippen LogP contribution < -0.4 is 19.7 Å². The Bertz CT molecular complexity index is 1830. The summed E-state index contributed by atoms with van der Waals surface area (Å²) >= 11 is 0. The first-order valence-electron chi connectivity index (χ1n) is 14.7. The number of nitrogens with one attached hydrogen (secondary N) is 1. The molecule has 8 rings (SSSR count). The van der Waals surface area contributed by atoms with Crippen molar-refractivity contribution in [2.75, 3.05) is 50.8 Å². The molecule has 2 aromatic heterocycles. The van der Waals surface area contributed by atoms with E-state index in [0.29, 0.717) is 66.7 Å². The van der Waals surface area contributed by atoms with Gasteiger partial charge in [-0.05, 0) is 30.8 Å². The Kier molecular flexibility index (Phi) is 6.14. The third-order valence-electron chi connectivity index (χ3n) is 9.37. The molecule has 0 radical (unpaired) electrons. The van der Waals surface area contributed by atoms with Gasteiger partial charge in [-0.3, -0.25) is 4.90 Å². The molecule has 0 bridgehead atoms. The number of rotatable bonds is 4. The Morgan fingerprint density at radius 3 is 2.93 bits per heavy atom. The van der Waals surface area contributed by atoms with E-state index in [2.05, 4.69) is 31.0 Å². The van der Waals surface area contributed by atoms with Crippen LogP contribution in [0.3, 0.4) is 0 Å². The largest absolute Gasteiger partial charge is 0.475 e. The van der Waals surface area contributed by atoms with Crippen molar-refractivity contribution in [3.63, 3.8) is 0 Å². The average Bonchev–Trinajstić information content (AvgIpc) is 3.49. The van der Waals surface area contributed by atoms with Crippen LogP contribution in [-0.4, -0.2) is 83.5 Å². The van der Waals surface area contributed by atoms with Crippen molar-refractivity contribution >= 4 is 27.5 Å². The van der Waals surface area contributed by atoms with Crippen LogP contribution in [0.4, 0.5) is 19.0 Å². The first-order chi connectivity index (χ1) is 21.0. The highest BCUT2D eigenvalue weighted by Gasteiger charge is 2.49. The van der Waals surface area contributed by atoms with Gasteiger partial charge >= 0.3 is 6.01 Å². The Balaban J connectivity index is 1.32. The van der Waals surface area contributed by atoms with Crippen LogP contribution in [0.15, 0.2) is 30.3 Å². The summed E-state index contributed by atoms with van der Waals surface area (Å²) in [7, 11) is 0. The molecule has 4 aromatic rings. The van der Waals surface area contributed by atoms with Crippen LogP contribution in [0.2, 0.25) is 0 Å². The van der Waals surface area contributed by atoms with Crippen molar-refractivity contribution < 1.29 is 22.6 Å². The van der Waals surface area contributed by atoms with E-state index in [1.807, 2.05) is 0 Å². The average molecular weight is 587 g/mol. The van der Waals surface area contributed by atoms with Crippen LogP contribution in [0, 0.1) is 24.0 Å². The second-order valence-electron chi connectivity index (χ2n) is 11.8. The lowest BCUT2D eigenvalue weighted by Crippen LogP contribution is -2.53. The number of benzene rings is 2. The number of nitrogens with zero attached hydrogens (tertiary/aromatic N) is 5. The number of aromatic nitrogens is 3. The number of anilines is 1. The van der Waals surface area contributed by atoms with Gasteiger partial charge in [-0.25, -0.2) is 18.2 Å². The van der Waals surface area contributed by atoms with Crippen molar-refractivity contribution in [3.8, 4) is 35.5 Å². The third-order valence-corrected chi connectivity index (χ3v) is 9.37. The summed E-state index contributed by atoms with van der Waals surface area (Å²) in [6.45, 7) is 3.71. The Labute approximate surface area is 246 Å². The maximum absolute atomic E-state index is 16.8. The summed E-state index contributed by atoms with van der Waals surface area (Å²) in [5.41, 5.74) is -0.125. The molecule has 4 aliphatic heterocycles. The second-order valence-corrected chi connectivity index (χ2v) is 11.8. The van der Waals surface area contributed by atoms with Gasteiger partial charge in [0.05, 0.1) is 17.1 Å². The van der Waals surface area contributed by atoms with Gasteiger partial charge < -0.3 is 19.7 Å². The van der Waals surface area contributed by atoms with Gasteiger partial charge in [-0.2, -0.15) is 9.97 Å². The number of fused-ring (bicyclic) bond motifs is 4. The lowest BCUT2D eigenvalue weighted by Gasteiger charge is -2.35. The van der Waals surface area contributed by atoms with Crippen LogP contribution in [0.5, 0.6) is 11.9 Å². The maximum atomic E-state index is 16.8. The van der Waals surface area contributed by atoms with Gasteiger partial charge in [0.25, 0.3) is 0 Å². The van der Waals surface area contributed by atoms with E-state index in [0.717, 1.165) is 19.4 Å². The smallest absolute Gasteiger partial charge is 0.319 e. The Morgan fingerprint density at radius 2 is 2.05 bits per heavy atom. The lowest BCUT2D eigenvalue weighted by molar-refractivity contribution is 0.107. The zero-order valence-corrected chi connectivity index (χ0v) is 23.4. The van der Waals surface area contributed by atoms with E-state index >= 15 is 4.39 Å². The molecule has 4 aliphatic rings. The molecule has 220 valence electrons. The molecule has 43 heavy (non-hydrogen) atoms. The SMILES string of the molecule is C#Cc1c(F)ccc2cccc(-c3nc4c5c(nc(OC[C@@]67CCCN6C[C@H](F)C7)nc5c3F)N3CCNC[C@H]3CO4)c12. The second kappa shape index (κ2) is 9.96. The number of halogens is 3. The molecule has 3 saturated heterocycles. The highest BCUT2D eigenvalue weighted by Crippen LogP contribution is 2.43. The normalized spacial score (nSPS) is 24.8. The van der Waals surface area contributed by atoms with Gasteiger partial charge in [0.1, 0.15) is 47.6 Å². The first kappa shape index (κ1) is 26.5. The molecule has 6 heterocycles. The molecule has 0 unspecified atom stereocenters. The number of piperazine rings is 1. The number of pyridine rings is 1. The maximum Gasteiger partial charge on any atom is 0.319 e. The summed E-state index contributed by atoms with van der Waals surface area (Å²) in [5, 5.41) is 4.76. The molecule has 3 fully saturated rings. The topological polar surface area (TPSA) is 75.6 Å². The minimum atomic E-state index is -0.906. The monoisotopic (exact) mass is 586 g/mol. The fraction of sp³-hybridized carbons (Fsp3) is 0.406. The number of terminal acetylenes is 1. The number of ether oxygens (including phenoxy) is 2. The number of alkyl halides is 1. The fourth-order valence-corrected chi connectivity index (χ4v) is 7.36. The predicted molar refractivity (Wildman–Crippen MR) is 156 cm³/mol. The van der Waals surface area contributed by atoms with Crippen molar-refractivity contribution in [2.45, 2.75) is 37.0 Å². The van der Waals surface area contributed by atoms with Gasteiger partial charge in [-0.15, -0.1) is 6.42 Å². The van der Waals surface area contributed by atoms with Crippen LogP contribution in [0.25, 0.3) is 32.9 Å². The molecular formula is C32H29F3N6O2. The zero-order valence-electron chi connectivity index (χ0n) is 23.4. The van der Waals surface area contributed by atoms with E-state index in [4.69, 9.17) is 20.9 Å². The summed E-state index contributed by atoms with van der Waals surface area (Å²) in [4.78, 5) is 18.3. The molecule has 11 heteroatoms. The summed E-state index contributed by atoms with van der Waals surface area (Å²) in [5.74, 6) is 1.81. The first-order valence-corrected chi connectivity index (χ1v) is 14.7. The van der Waals surface area contributed by atoms with Gasteiger partial charge in [0.2, 0.25) is 5.88 Å². The fourth-order valence-electron chi connectivity index (χ4n) is 7.36. The van der Waals surface area contributed by atoms with E-state index in [1.165, 1.54) is 6.07 Å². The Morgan fingerprint density at radius 1 is 1.14 bits per heavy atom. The number of hydrogen-bond donors (Lipinski definition) is 1. The minimum absolute atomic E-state index is 0.00888. The Hall–Kier alpha value is -4.14. The quantitative estimate of drug-likeness (QED) is 0.357. The number of hydrogen-bond acceptors (Lipinski definition) is 8. The van der Waals surface area contributed by atoms with Crippen LogP contribution >= 0.6 is 0 Å². The van der Waals surface area contributed by atoms with E-state index in [1.54, 1.807) is 24.3 Å². The van der Waals surface area contributed by atoms with Gasteiger partial charge in [-0.1, -0.05) is 30.2 Å². The lowest BCUT2D eigenvalue weighted by atomic mass is 9.95. The van der Waals surface area contributed by atoms with Gasteiger partial charge in [0, 0.05) is 43.5 Å². The van der Waals surface area contributed by atoms with Crippen molar-refractivity contribution in [1.29, 1.82) is 0 Å². The molecule has 8 nitrogen and oxygen atoms in total. The van der Waals surface area contributed by atoms with Crippen LogP contribution in [0.1, 0.15) is 24.8 Å². The molecule has 2 aromatic carbocycles. The molecule has 0 aliphatic carbocycles. The van der Waals surface area contributed by atoms with Crippen molar-refractivity contribution in [2.24, 2.45) is 0 Å². The summed E-state index contributed by atoms with van der Waals surface area (Å²) in [6.07, 6.45) is 6.99. The standard InChI is InChI=1S/C32H29F3N6O2/c1-2-21-23(34)8-7-18-5-3-6-22(24(18)21)27-26(35)28-25-29(41-12-10-36-14-20(41)16-42-30(25)37-27)39-31(38-28)43-17-32-9-4-11-40(32)15-19(33)13-32/h1,3,5-8,19-20,36H,4,9-17H2/t19-,20+,32+/m1/s1. The highest BCUT2D eigenvalue weighted by atomic mass is 19.1. The summed E-state index contributed by atoms with van der Waals surface area (Å²) < 4.78 is 58.5. The summed E-state index contributed by atoms with van der Waals surface area (Å²) in [6, 6.07) is 8.04. The molecule has 3 atom stereocenters. The third kappa shape index (κ3) is 4.11. The van der Waals surface area contributed by atoms with E-state index in [9.17, 15) is 8.78 Å².